The lowest BCUT2D eigenvalue weighted by Gasteiger charge is -2.46. The number of allylic oxidation sites excluding steroid dienone is 42. The Morgan fingerprint density at radius 3 is 0.736 bits per heavy atom. The molecule has 0 saturated carbocycles. The molecule has 2 fully saturated rings. The van der Waals surface area contributed by atoms with Gasteiger partial charge in [-0.1, -0.05) is 252 Å². The number of carbonyl (C=O) groups is 1. The number of nitrogens with one attached hydrogen (secondary N) is 1. The van der Waals surface area contributed by atoms with Crippen LogP contribution in [0.15, 0.2) is 245 Å². The summed E-state index contributed by atoms with van der Waals surface area (Å²) in [4.78, 5) is 32.5. The summed E-state index contributed by atoms with van der Waals surface area (Å²) in [6.07, 6.45) is 79.8. The normalized spacial score (nSPS) is 22.0. The number of ether oxygens (including phenoxy) is 3. The molecule has 818 valence electrons. The van der Waals surface area contributed by atoms with E-state index >= 15 is 4.39 Å². The van der Waals surface area contributed by atoms with Crippen LogP contribution in [0.4, 0.5) is 4.39 Å². The molecule has 0 bridgehead atoms. The summed E-state index contributed by atoms with van der Waals surface area (Å²) in [6, 6.07) is -1.51. The summed E-state index contributed by atoms with van der Waals surface area (Å²) in [5, 5.41) is 53.8. The minimum atomic E-state index is -5.66. The van der Waals surface area contributed by atoms with Gasteiger partial charge in [0.2, 0.25) is 12.2 Å². The van der Waals surface area contributed by atoms with Crippen LogP contribution in [0.2, 0.25) is 0 Å². The largest absolute Gasteiger partial charge is 0.483 e. The van der Waals surface area contributed by atoms with Crippen LogP contribution >= 0.6 is 15.6 Å². The lowest BCUT2D eigenvalue weighted by atomic mass is 9.95. The molecule has 0 aromatic heterocycles. The SMILES string of the molecule is CC(=O)N[C@H]1[C@H](O[C@H]2[C@H](O)[C@@H](F)[C@@H](OP(=O)(O)OP(=O)(O)OCCC(C)CC/C=C(\C)CC/C=C(\C)CC/C=C(\C)CC/C=C(\C)CC/C=C(\C)CC/C=C(\C)CC/C=C(\C)CC/C=C(\C)CC/C=C(\C)CC/C=C(\C)CC/C=C(\C)CC/C=C(\C)CC/C=C(\C)CC/C=C(\C)CC/C=C(\C)CC/C=C(\C)CC/C=C(\C)CC/C=C(\C)CC/C=C(\C)CC/C=C(\C)CCC=C(C)C)O[C@@H]2CO)O[C@H](CO)[C@@H](O)[C@@H]1O. The van der Waals surface area contributed by atoms with Crippen molar-refractivity contribution in [3.8, 4) is 0 Å². The van der Waals surface area contributed by atoms with Gasteiger partial charge in [0.05, 0.1) is 19.8 Å². The van der Waals surface area contributed by atoms with E-state index in [1.165, 1.54) is 136 Å². The van der Waals surface area contributed by atoms with E-state index < -0.39 is 96.2 Å². The number of aliphatic hydroxyl groups is 5. The van der Waals surface area contributed by atoms with Gasteiger partial charge >= 0.3 is 15.6 Å². The van der Waals surface area contributed by atoms with E-state index in [0.717, 1.165) is 257 Å². The van der Waals surface area contributed by atoms with Crippen molar-refractivity contribution >= 4 is 21.6 Å². The maximum absolute atomic E-state index is 15.6. The van der Waals surface area contributed by atoms with Crippen LogP contribution in [0, 0.1) is 5.92 Å². The number of hydrogen-bond donors (Lipinski definition) is 8. The molecule has 0 spiro atoms. The third-order valence-electron chi connectivity index (χ3n) is 27.5. The molecule has 17 nitrogen and oxygen atoms in total. The molecular weight excluding hydrogens is 1840 g/mol. The zero-order valence-corrected chi connectivity index (χ0v) is 96.4. The molecule has 2 rings (SSSR count). The second-order valence-corrected chi connectivity index (χ2v) is 45.7. The molecule has 2 aliphatic rings. The highest BCUT2D eigenvalue weighted by molar-refractivity contribution is 7.61. The van der Waals surface area contributed by atoms with Gasteiger partial charge in [0.15, 0.2) is 12.5 Å². The van der Waals surface area contributed by atoms with E-state index in [0.29, 0.717) is 6.42 Å². The highest BCUT2D eigenvalue weighted by Gasteiger charge is 2.54. The fourth-order valence-electron chi connectivity index (χ4n) is 17.5. The zero-order valence-electron chi connectivity index (χ0n) is 94.6. The molecule has 3 unspecified atom stereocenters. The van der Waals surface area contributed by atoms with E-state index in [9.17, 15) is 49.2 Å². The van der Waals surface area contributed by atoms with E-state index in [1.54, 1.807) is 0 Å². The number of amides is 1. The standard InChI is InChI=1S/C124H204FNO16P2/c1-92(2)46-25-47-93(3)48-26-49-94(4)50-27-51-95(5)52-28-53-96(6)54-29-55-97(7)56-30-57-98(8)58-31-59-99(9)60-32-61-100(10)62-33-63-101(11)64-34-65-102(12)66-35-67-103(13)68-36-69-104(14)70-37-71-105(15)72-38-73-106(16)74-39-75-107(17)76-40-77-108(18)78-41-79-109(19)80-42-81-110(20)82-43-83-111(21)84-44-85-112(22)86-45-87-113(23)88-89-137-143(133,134)142-144(135,136)141-123-117(125)120(131)122(116(91-128)139-123)140-124-118(126-114(24)129)121(132)119(130)115(90-127)138-124/h46,48,50,52,54,56,58,60,62,64,66,68,70,72,74,76,78,80,82,84,86,113,115-124,127-128,130-132H,25-45,47,49,51,53,55,57,59,61,63,65,67,69,71,73,75,77,79,81,83,85,87-91H2,1-24H3,(H,126,129)(H,133,134)(H,135,136)/b93-48+,94-50+,95-52+,96-54+,97-56+,98-58+,99-60+,100-62+,101-64+,102-66+,103-68+,104-70+,105-72+,106-74+,107-76+,108-78+,109-80+,110-82+,111-84+,112-86+/t113?,115-,116-,117-,118-,119-,120-,121-,122-,123-,124+/m1/s1. The van der Waals surface area contributed by atoms with Crippen molar-refractivity contribution in [3.05, 3.63) is 245 Å². The minimum Gasteiger partial charge on any atom is -0.394 e. The Balaban J connectivity index is 1.55. The monoisotopic (exact) mass is 2040 g/mol. The summed E-state index contributed by atoms with van der Waals surface area (Å²) in [5.41, 5.74) is 31.1. The smallest absolute Gasteiger partial charge is 0.394 e. The van der Waals surface area contributed by atoms with E-state index in [1.807, 2.05) is 6.92 Å². The molecule has 0 aliphatic carbocycles. The summed E-state index contributed by atoms with van der Waals surface area (Å²) in [5.74, 6) is -0.676. The molecule has 2 heterocycles. The van der Waals surface area contributed by atoms with Gasteiger partial charge in [0, 0.05) is 6.92 Å². The van der Waals surface area contributed by atoms with Crippen molar-refractivity contribution in [2.75, 3.05) is 19.8 Å². The Labute approximate surface area is 876 Å². The second kappa shape index (κ2) is 79.0. The van der Waals surface area contributed by atoms with Crippen LogP contribution < -0.4 is 5.32 Å². The molecule has 8 N–H and O–H groups in total. The Morgan fingerprint density at radius 2 is 0.521 bits per heavy atom. The number of phosphoric acid groups is 2. The Hall–Kier alpha value is -6.12. The van der Waals surface area contributed by atoms with E-state index in [4.69, 9.17) is 23.3 Å². The Kier molecular flexibility index (Phi) is 73.5. The first kappa shape index (κ1) is 134. The van der Waals surface area contributed by atoms with Crippen molar-refractivity contribution in [2.24, 2.45) is 5.92 Å². The highest BCUT2D eigenvalue weighted by Crippen LogP contribution is 2.62. The number of phosphoric ester groups is 2. The number of halogens is 1. The van der Waals surface area contributed by atoms with Crippen molar-refractivity contribution in [1.82, 2.24) is 5.32 Å². The molecule has 1 amide bonds. The molecule has 2 aliphatic heterocycles. The molecular formula is C124H204FNO16P2. The molecule has 20 heteroatoms. The fraction of sp³-hybridized carbons (Fsp3) is 0.653. The van der Waals surface area contributed by atoms with Crippen molar-refractivity contribution in [1.29, 1.82) is 0 Å². The Bertz CT molecular complexity index is 4500. The summed E-state index contributed by atoms with van der Waals surface area (Å²) in [6.45, 7) is 50.8. The van der Waals surface area contributed by atoms with Crippen molar-refractivity contribution in [3.63, 3.8) is 0 Å². The van der Waals surface area contributed by atoms with Gasteiger partial charge in [-0.3, -0.25) is 13.8 Å². The third-order valence-corrected chi connectivity index (χ3v) is 30.1. The van der Waals surface area contributed by atoms with Crippen LogP contribution in [0.3, 0.4) is 0 Å². The lowest BCUT2D eigenvalue weighted by Crippen LogP contribution is -2.67. The third kappa shape index (κ3) is 68.6. The number of alkyl halides is 1. The number of carbonyl (C=O) groups excluding carboxylic acids is 1. The van der Waals surface area contributed by atoms with E-state index in [2.05, 4.69) is 290 Å². The molecule has 13 atom stereocenters. The molecule has 0 aromatic rings. The average Bonchev–Trinajstić information content (AvgIpc) is 0.776. The fourth-order valence-corrected chi connectivity index (χ4v) is 19.6. The lowest BCUT2D eigenvalue weighted by molar-refractivity contribution is -0.332. The molecule has 2 saturated heterocycles. The van der Waals surface area contributed by atoms with Crippen LogP contribution in [0.5, 0.6) is 0 Å². The maximum Gasteiger partial charge on any atom is 0.483 e. The van der Waals surface area contributed by atoms with Gasteiger partial charge in [-0.2, -0.15) is 4.31 Å². The van der Waals surface area contributed by atoms with Crippen molar-refractivity contribution < 1.29 is 81.2 Å². The Morgan fingerprint density at radius 1 is 0.306 bits per heavy atom. The first-order chi connectivity index (χ1) is 68.3. The predicted octanol–water partition coefficient (Wildman–Crippen LogP) is 34.3. The van der Waals surface area contributed by atoms with Gasteiger partial charge in [-0.25, -0.2) is 13.5 Å². The van der Waals surface area contributed by atoms with Gasteiger partial charge in [0.1, 0.15) is 42.7 Å². The van der Waals surface area contributed by atoms with Gasteiger partial charge in [0.25, 0.3) is 0 Å². The van der Waals surface area contributed by atoms with Crippen LogP contribution in [0.25, 0.3) is 0 Å². The topological polar surface area (TPSA) is 260 Å². The molecule has 0 radical (unpaired) electrons. The number of hydrogen-bond acceptors (Lipinski definition) is 14. The van der Waals surface area contributed by atoms with Gasteiger partial charge < -0.3 is 54.8 Å². The van der Waals surface area contributed by atoms with Gasteiger partial charge in [-0.15, -0.1) is 0 Å². The minimum absolute atomic E-state index is 0.0246. The second-order valence-electron chi connectivity index (χ2n) is 42.7. The van der Waals surface area contributed by atoms with Crippen molar-refractivity contribution in [2.45, 2.75) is 504 Å². The summed E-state index contributed by atoms with van der Waals surface area (Å²) < 4.78 is 71.6. The molecule has 0 aromatic carbocycles. The van der Waals surface area contributed by atoms with Gasteiger partial charge in [-0.05, 0) is 434 Å². The highest BCUT2D eigenvalue weighted by atomic mass is 31.3. The zero-order chi connectivity index (χ0) is 107. The van der Waals surface area contributed by atoms with Crippen LogP contribution in [-0.4, -0.2) is 122 Å². The van der Waals surface area contributed by atoms with Crippen LogP contribution in [-0.2, 0) is 41.5 Å². The number of rotatable bonds is 76. The number of aliphatic hydroxyl groups excluding tert-OH is 5. The summed E-state index contributed by atoms with van der Waals surface area (Å²) in [7, 11) is -10.9. The first-order valence-electron chi connectivity index (χ1n) is 54.9. The summed E-state index contributed by atoms with van der Waals surface area (Å²) >= 11 is 0. The average molecular weight is 2050 g/mol. The van der Waals surface area contributed by atoms with Crippen LogP contribution in [0.1, 0.15) is 442 Å². The quantitative estimate of drug-likeness (QED) is 0.0208. The maximum atomic E-state index is 15.6. The van der Waals surface area contributed by atoms with E-state index in [-0.39, 0.29) is 12.5 Å². The first-order valence-corrected chi connectivity index (χ1v) is 57.9. The predicted molar refractivity (Wildman–Crippen MR) is 607 cm³/mol. The molecule has 144 heavy (non-hydrogen) atoms.